The maximum atomic E-state index is 12.2. The SMILES string of the molecule is COCCN(CCO)C(=O)/C=C/c1c(Cl)nc2ccccn12. The number of imidazole rings is 1. The molecule has 0 aromatic carbocycles. The van der Waals surface area contributed by atoms with Crippen LogP contribution < -0.4 is 0 Å². The fraction of sp³-hybridized carbons (Fsp3) is 0.333. The van der Waals surface area contributed by atoms with Crippen LogP contribution in [0.15, 0.2) is 30.5 Å². The van der Waals surface area contributed by atoms with Crippen LogP contribution in [0.5, 0.6) is 0 Å². The second kappa shape index (κ2) is 7.93. The van der Waals surface area contributed by atoms with Gasteiger partial charge in [0.2, 0.25) is 5.91 Å². The van der Waals surface area contributed by atoms with Crippen LogP contribution in [-0.2, 0) is 9.53 Å². The highest BCUT2D eigenvalue weighted by Gasteiger charge is 2.11. The Morgan fingerprint density at radius 1 is 1.50 bits per heavy atom. The van der Waals surface area contributed by atoms with Crippen molar-refractivity contribution in [2.75, 3.05) is 33.4 Å². The zero-order chi connectivity index (χ0) is 15.9. The summed E-state index contributed by atoms with van der Waals surface area (Å²) in [7, 11) is 1.57. The van der Waals surface area contributed by atoms with Gasteiger partial charge in [0, 0.05) is 32.5 Å². The van der Waals surface area contributed by atoms with Crippen LogP contribution in [0.1, 0.15) is 5.69 Å². The molecule has 0 fully saturated rings. The van der Waals surface area contributed by atoms with E-state index in [2.05, 4.69) is 4.98 Å². The molecule has 118 valence electrons. The Morgan fingerprint density at radius 3 is 3.05 bits per heavy atom. The first-order chi connectivity index (χ1) is 10.7. The summed E-state index contributed by atoms with van der Waals surface area (Å²) in [6.07, 6.45) is 4.88. The average Bonchev–Trinajstić information content (AvgIpc) is 2.84. The number of fused-ring (bicyclic) bond motifs is 1. The third-order valence-electron chi connectivity index (χ3n) is 3.15. The number of carbonyl (C=O) groups is 1. The summed E-state index contributed by atoms with van der Waals surface area (Å²) in [5.41, 5.74) is 1.35. The molecular formula is C15H18ClN3O3. The van der Waals surface area contributed by atoms with Crippen LogP contribution in [0.4, 0.5) is 0 Å². The monoisotopic (exact) mass is 323 g/mol. The number of carbonyl (C=O) groups excluding carboxylic acids is 1. The summed E-state index contributed by atoms with van der Waals surface area (Å²) in [4.78, 5) is 17.9. The van der Waals surface area contributed by atoms with E-state index in [1.165, 1.54) is 11.0 Å². The predicted molar refractivity (Wildman–Crippen MR) is 84.8 cm³/mol. The quantitative estimate of drug-likeness (QED) is 0.784. The van der Waals surface area contributed by atoms with Gasteiger partial charge in [0.05, 0.1) is 18.9 Å². The zero-order valence-corrected chi connectivity index (χ0v) is 13.0. The second-order valence-electron chi connectivity index (χ2n) is 4.59. The molecule has 0 bridgehead atoms. The summed E-state index contributed by atoms with van der Waals surface area (Å²) >= 11 is 6.11. The lowest BCUT2D eigenvalue weighted by Crippen LogP contribution is -2.34. The molecule has 0 aliphatic heterocycles. The molecule has 7 heteroatoms. The highest BCUT2D eigenvalue weighted by molar-refractivity contribution is 6.31. The van der Waals surface area contributed by atoms with E-state index in [-0.39, 0.29) is 19.1 Å². The van der Waals surface area contributed by atoms with Crippen molar-refractivity contribution in [3.63, 3.8) is 0 Å². The molecule has 1 amide bonds. The van der Waals surface area contributed by atoms with Crippen molar-refractivity contribution in [3.8, 4) is 0 Å². The Labute approximate surface area is 133 Å². The van der Waals surface area contributed by atoms with Crippen LogP contribution in [0.25, 0.3) is 11.7 Å². The number of nitrogens with zero attached hydrogens (tertiary/aromatic N) is 3. The number of aliphatic hydroxyl groups is 1. The number of pyridine rings is 1. The lowest BCUT2D eigenvalue weighted by Gasteiger charge is -2.19. The third kappa shape index (κ3) is 3.85. The molecule has 22 heavy (non-hydrogen) atoms. The Hall–Kier alpha value is -1.89. The normalized spacial score (nSPS) is 11.4. The maximum Gasteiger partial charge on any atom is 0.246 e. The van der Waals surface area contributed by atoms with Crippen molar-refractivity contribution in [2.24, 2.45) is 0 Å². The van der Waals surface area contributed by atoms with Gasteiger partial charge in [0.15, 0.2) is 5.15 Å². The van der Waals surface area contributed by atoms with Crippen LogP contribution in [0, 0.1) is 0 Å². The summed E-state index contributed by atoms with van der Waals surface area (Å²) in [6, 6.07) is 5.56. The number of hydrogen-bond donors (Lipinski definition) is 1. The fourth-order valence-electron chi connectivity index (χ4n) is 2.05. The van der Waals surface area contributed by atoms with Gasteiger partial charge in [0.1, 0.15) is 5.65 Å². The van der Waals surface area contributed by atoms with Crippen molar-refractivity contribution in [2.45, 2.75) is 0 Å². The van der Waals surface area contributed by atoms with Crippen molar-refractivity contribution in [1.29, 1.82) is 0 Å². The highest BCUT2D eigenvalue weighted by atomic mass is 35.5. The summed E-state index contributed by atoms with van der Waals surface area (Å²) in [6.45, 7) is 0.990. The predicted octanol–water partition coefficient (Wildman–Crippen LogP) is 1.47. The Bertz CT molecular complexity index is 669. The molecule has 2 heterocycles. The topological polar surface area (TPSA) is 67.1 Å². The minimum atomic E-state index is -0.215. The van der Waals surface area contributed by atoms with Crippen molar-refractivity contribution >= 4 is 29.2 Å². The van der Waals surface area contributed by atoms with Gasteiger partial charge in [0.25, 0.3) is 0 Å². The Morgan fingerprint density at radius 2 is 2.32 bits per heavy atom. The molecule has 2 rings (SSSR count). The fourth-order valence-corrected chi connectivity index (χ4v) is 2.29. The van der Waals surface area contributed by atoms with Crippen molar-refractivity contribution < 1.29 is 14.6 Å². The van der Waals surface area contributed by atoms with E-state index in [1.807, 2.05) is 24.4 Å². The Kier molecular flexibility index (Phi) is 5.94. The zero-order valence-electron chi connectivity index (χ0n) is 12.3. The van der Waals surface area contributed by atoms with E-state index in [9.17, 15) is 4.79 Å². The maximum absolute atomic E-state index is 12.2. The van der Waals surface area contributed by atoms with Gasteiger partial charge in [-0.3, -0.25) is 9.20 Å². The number of ether oxygens (including phenoxy) is 1. The molecule has 0 radical (unpaired) electrons. The van der Waals surface area contributed by atoms with Gasteiger partial charge >= 0.3 is 0 Å². The van der Waals surface area contributed by atoms with E-state index in [4.69, 9.17) is 21.4 Å². The number of halogens is 1. The molecule has 0 spiro atoms. The summed E-state index contributed by atoms with van der Waals surface area (Å²) in [5, 5.41) is 9.36. The first-order valence-electron chi connectivity index (χ1n) is 6.86. The van der Waals surface area contributed by atoms with Crippen LogP contribution in [0.3, 0.4) is 0 Å². The van der Waals surface area contributed by atoms with Crippen molar-refractivity contribution in [1.82, 2.24) is 14.3 Å². The Balaban J connectivity index is 2.17. The number of methoxy groups -OCH3 is 1. The largest absolute Gasteiger partial charge is 0.395 e. The highest BCUT2D eigenvalue weighted by Crippen LogP contribution is 2.18. The molecule has 2 aromatic heterocycles. The van der Waals surface area contributed by atoms with Crippen molar-refractivity contribution in [3.05, 3.63) is 41.3 Å². The molecule has 0 aliphatic rings. The number of aliphatic hydroxyl groups excluding tert-OH is 1. The van der Waals surface area contributed by atoms with Crippen LogP contribution in [-0.4, -0.2) is 58.7 Å². The standard InChI is InChI=1S/C15H18ClN3O3/c1-22-11-9-18(8-10-20)14(21)6-5-12-15(16)17-13-4-2-3-7-19(12)13/h2-7,20H,8-11H2,1H3/b6-5+. The van der Waals surface area contributed by atoms with E-state index in [0.717, 1.165) is 0 Å². The molecular weight excluding hydrogens is 306 g/mol. The van der Waals surface area contributed by atoms with Crippen LogP contribution >= 0.6 is 11.6 Å². The lowest BCUT2D eigenvalue weighted by molar-refractivity contribution is -0.127. The number of aromatic nitrogens is 2. The van der Waals surface area contributed by atoms with Gasteiger partial charge in [-0.15, -0.1) is 0 Å². The van der Waals surface area contributed by atoms with E-state index >= 15 is 0 Å². The minimum absolute atomic E-state index is 0.0976. The molecule has 0 unspecified atom stereocenters. The molecule has 0 saturated carbocycles. The molecule has 0 atom stereocenters. The molecule has 1 N–H and O–H groups in total. The van der Waals surface area contributed by atoms with E-state index in [0.29, 0.717) is 29.6 Å². The first kappa shape index (κ1) is 16.5. The van der Waals surface area contributed by atoms with Gasteiger partial charge in [-0.2, -0.15) is 0 Å². The molecule has 0 saturated heterocycles. The molecule has 0 aliphatic carbocycles. The number of rotatable bonds is 7. The van der Waals surface area contributed by atoms with E-state index < -0.39 is 0 Å². The average molecular weight is 324 g/mol. The third-order valence-corrected chi connectivity index (χ3v) is 3.43. The van der Waals surface area contributed by atoms with Gasteiger partial charge in [-0.1, -0.05) is 17.7 Å². The minimum Gasteiger partial charge on any atom is -0.395 e. The number of amides is 1. The second-order valence-corrected chi connectivity index (χ2v) is 4.95. The lowest BCUT2D eigenvalue weighted by atomic mass is 10.3. The van der Waals surface area contributed by atoms with Gasteiger partial charge in [-0.05, 0) is 18.2 Å². The first-order valence-corrected chi connectivity index (χ1v) is 7.24. The number of hydrogen-bond acceptors (Lipinski definition) is 4. The van der Waals surface area contributed by atoms with Crippen LogP contribution in [0.2, 0.25) is 5.15 Å². The summed E-state index contributed by atoms with van der Waals surface area (Å²) < 4.78 is 6.76. The van der Waals surface area contributed by atoms with E-state index in [1.54, 1.807) is 17.6 Å². The smallest absolute Gasteiger partial charge is 0.246 e. The van der Waals surface area contributed by atoms with Gasteiger partial charge in [-0.25, -0.2) is 4.98 Å². The molecule has 2 aromatic rings. The molecule has 6 nitrogen and oxygen atoms in total. The summed E-state index contributed by atoms with van der Waals surface area (Å²) in [5.74, 6) is -0.215. The van der Waals surface area contributed by atoms with Gasteiger partial charge < -0.3 is 14.7 Å².